The van der Waals surface area contributed by atoms with Crippen LogP contribution in [0.25, 0.3) is 0 Å². The minimum Gasteiger partial charge on any atom is -0.483 e. The number of para-hydroxylation sites is 1. The lowest BCUT2D eigenvalue weighted by Gasteiger charge is -2.14. The quantitative estimate of drug-likeness (QED) is 0.915. The fraction of sp³-hybridized carbons (Fsp3) is 0.235. The van der Waals surface area contributed by atoms with Crippen LogP contribution in [-0.4, -0.2) is 12.5 Å². The molecule has 2 aromatic carbocycles. The van der Waals surface area contributed by atoms with Crippen LogP contribution in [0.1, 0.15) is 16.7 Å². The molecular formula is C17H18ClNO2. The van der Waals surface area contributed by atoms with Gasteiger partial charge in [-0.3, -0.25) is 4.79 Å². The minimum absolute atomic E-state index is 0.0453. The maximum Gasteiger partial charge on any atom is 0.262 e. The number of amides is 1. The normalized spacial score (nSPS) is 10.3. The molecule has 0 fully saturated rings. The predicted molar refractivity (Wildman–Crippen MR) is 86.2 cm³/mol. The third kappa shape index (κ3) is 3.76. The van der Waals surface area contributed by atoms with E-state index < -0.39 is 0 Å². The Morgan fingerprint density at radius 3 is 2.48 bits per heavy atom. The van der Waals surface area contributed by atoms with Crippen molar-refractivity contribution in [1.82, 2.24) is 0 Å². The lowest BCUT2D eigenvalue weighted by Crippen LogP contribution is -2.21. The number of carbonyl (C=O) groups is 1. The highest BCUT2D eigenvalue weighted by molar-refractivity contribution is 6.33. The van der Waals surface area contributed by atoms with Crippen molar-refractivity contribution < 1.29 is 9.53 Å². The van der Waals surface area contributed by atoms with Crippen LogP contribution in [0.15, 0.2) is 36.4 Å². The SMILES string of the molecule is Cc1ccc(C)c(OCC(=O)Nc2ccccc2Cl)c1C. The van der Waals surface area contributed by atoms with Crippen molar-refractivity contribution in [2.75, 3.05) is 11.9 Å². The van der Waals surface area contributed by atoms with E-state index in [0.717, 1.165) is 22.4 Å². The molecule has 1 N–H and O–H groups in total. The summed E-state index contributed by atoms with van der Waals surface area (Å²) >= 11 is 6.00. The standard InChI is InChI=1S/C17H18ClNO2/c1-11-8-9-12(2)17(13(11)3)21-10-16(20)19-15-7-5-4-6-14(15)18/h4-9H,10H2,1-3H3,(H,19,20). The van der Waals surface area contributed by atoms with Crippen molar-refractivity contribution in [3.8, 4) is 5.75 Å². The lowest BCUT2D eigenvalue weighted by atomic mass is 10.1. The van der Waals surface area contributed by atoms with E-state index in [1.54, 1.807) is 12.1 Å². The highest BCUT2D eigenvalue weighted by Gasteiger charge is 2.10. The number of ether oxygens (including phenoxy) is 1. The second-order valence-electron chi connectivity index (χ2n) is 4.97. The van der Waals surface area contributed by atoms with E-state index in [1.165, 1.54) is 0 Å². The average molecular weight is 304 g/mol. The molecule has 0 aliphatic heterocycles. The molecule has 0 unspecified atom stereocenters. The Labute approximate surface area is 129 Å². The molecule has 0 radical (unpaired) electrons. The van der Waals surface area contributed by atoms with E-state index in [9.17, 15) is 4.79 Å². The van der Waals surface area contributed by atoms with Crippen LogP contribution in [0.4, 0.5) is 5.69 Å². The zero-order valence-electron chi connectivity index (χ0n) is 12.4. The van der Waals surface area contributed by atoms with Gasteiger partial charge in [0.2, 0.25) is 0 Å². The summed E-state index contributed by atoms with van der Waals surface area (Å²) in [5.74, 6) is 0.535. The Morgan fingerprint density at radius 1 is 1.10 bits per heavy atom. The molecule has 1 amide bonds. The average Bonchev–Trinajstić information content (AvgIpc) is 2.45. The van der Waals surface area contributed by atoms with Crippen LogP contribution < -0.4 is 10.1 Å². The highest BCUT2D eigenvalue weighted by atomic mass is 35.5. The number of halogens is 1. The van der Waals surface area contributed by atoms with Gasteiger partial charge in [0, 0.05) is 0 Å². The van der Waals surface area contributed by atoms with Gasteiger partial charge in [-0.05, 0) is 49.6 Å². The fourth-order valence-electron chi connectivity index (χ4n) is 2.03. The molecule has 0 bridgehead atoms. The zero-order valence-corrected chi connectivity index (χ0v) is 13.1. The zero-order chi connectivity index (χ0) is 15.4. The van der Waals surface area contributed by atoms with E-state index in [1.807, 2.05) is 45.0 Å². The first-order valence-corrected chi connectivity index (χ1v) is 7.11. The van der Waals surface area contributed by atoms with Gasteiger partial charge in [0.25, 0.3) is 5.91 Å². The topological polar surface area (TPSA) is 38.3 Å². The Kier molecular flexibility index (Phi) is 4.86. The summed E-state index contributed by atoms with van der Waals surface area (Å²) in [5.41, 5.74) is 3.80. The van der Waals surface area contributed by atoms with Crippen LogP contribution >= 0.6 is 11.6 Å². The van der Waals surface area contributed by atoms with Gasteiger partial charge in [-0.2, -0.15) is 0 Å². The highest BCUT2D eigenvalue weighted by Crippen LogP contribution is 2.26. The number of benzene rings is 2. The summed E-state index contributed by atoms with van der Waals surface area (Å²) in [6.07, 6.45) is 0. The third-order valence-electron chi connectivity index (χ3n) is 3.37. The van der Waals surface area contributed by atoms with Gasteiger partial charge in [-0.15, -0.1) is 0 Å². The van der Waals surface area contributed by atoms with Crippen molar-refractivity contribution in [2.45, 2.75) is 20.8 Å². The maximum atomic E-state index is 12.0. The summed E-state index contributed by atoms with van der Waals surface area (Å²) in [5, 5.41) is 3.25. The van der Waals surface area contributed by atoms with Gasteiger partial charge >= 0.3 is 0 Å². The summed E-state index contributed by atoms with van der Waals surface area (Å²) in [6.45, 7) is 5.93. The predicted octanol–water partition coefficient (Wildman–Crippen LogP) is 4.28. The first-order valence-electron chi connectivity index (χ1n) is 6.73. The van der Waals surface area contributed by atoms with E-state index >= 15 is 0 Å². The van der Waals surface area contributed by atoms with Crippen LogP contribution in [0.5, 0.6) is 5.75 Å². The van der Waals surface area contributed by atoms with Gasteiger partial charge < -0.3 is 10.1 Å². The Balaban J connectivity index is 2.02. The van der Waals surface area contributed by atoms with Gasteiger partial charge in [-0.25, -0.2) is 0 Å². The van der Waals surface area contributed by atoms with Crippen molar-refractivity contribution in [1.29, 1.82) is 0 Å². The number of hydrogen-bond acceptors (Lipinski definition) is 2. The van der Waals surface area contributed by atoms with Crippen LogP contribution in [0.3, 0.4) is 0 Å². The molecular weight excluding hydrogens is 286 g/mol. The van der Waals surface area contributed by atoms with Crippen molar-refractivity contribution >= 4 is 23.2 Å². The van der Waals surface area contributed by atoms with Crippen LogP contribution in [-0.2, 0) is 4.79 Å². The van der Waals surface area contributed by atoms with Crippen molar-refractivity contribution in [2.24, 2.45) is 0 Å². The summed E-state index contributed by atoms with van der Waals surface area (Å²) in [4.78, 5) is 12.0. The Bertz CT molecular complexity index is 668. The largest absolute Gasteiger partial charge is 0.483 e. The maximum absolute atomic E-state index is 12.0. The van der Waals surface area contributed by atoms with Gasteiger partial charge in [-0.1, -0.05) is 35.9 Å². The molecule has 2 rings (SSSR count). The number of hydrogen-bond donors (Lipinski definition) is 1. The Hall–Kier alpha value is -2.00. The molecule has 0 aliphatic carbocycles. The molecule has 0 aliphatic rings. The number of nitrogens with one attached hydrogen (secondary N) is 1. The molecule has 0 atom stereocenters. The third-order valence-corrected chi connectivity index (χ3v) is 3.70. The number of aryl methyl sites for hydroxylation is 2. The summed E-state index contributed by atoms with van der Waals surface area (Å²) in [6, 6.07) is 11.1. The second kappa shape index (κ2) is 6.64. The molecule has 2 aromatic rings. The molecule has 110 valence electrons. The fourth-order valence-corrected chi connectivity index (χ4v) is 2.22. The molecule has 21 heavy (non-hydrogen) atoms. The van der Waals surface area contributed by atoms with Gasteiger partial charge in [0.05, 0.1) is 10.7 Å². The molecule has 0 spiro atoms. The van der Waals surface area contributed by atoms with E-state index in [-0.39, 0.29) is 12.5 Å². The number of anilines is 1. The monoisotopic (exact) mass is 303 g/mol. The summed E-state index contributed by atoms with van der Waals surface area (Å²) in [7, 11) is 0. The number of rotatable bonds is 4. The van der Waals surface area contributed by atoms with Crippen molar-refractivity contribution in [3.63, 3.8) is 0 Å². The molecule has 0 saturated carbocycles. The van der Waals surface area contributed by atoms with Crippen LogP contribution in [0.2, 0.25) is 5.02 Å². The molecule has 0 aromatic heterocycles. The summed E-state index contributed by atoms with van der Waals surface area (Å²) < 4.78 is 5.67. The smallest absolute Gasteiger partial charge is 0.262 e. The minimum atomic E-state index is -0.233. The van der Waals surface area contributed by atoms with Gasteiger partial charge in [0.15, 0.2) is 6.61 Å². The van der Waals surface area contributed by atoms with E-state index in [4.69, 9.17) is 16.3 Å². The van der Waals surface area contributed by atoms with Gasteiger partial charge in [0.1, 0.15) is 5.75 Å². The Morgan fingerprint density at radius 2 is 1.76 bits per heavy atom. The lowest BCUT2D eigenvalue weighted by molar-refractivity contribution is -0.118. The molecule has 3 nitrogen and oxygen atoms in total. The second-order valence-corrected chi connectivity index (χ2v) is 5.38. The van der Waals surface area contributed by atoms with E-state index in [0.29, 0.717) is 10.7 Å². The first kappa shape index (κ1) is 15.4. The van der Waals surface area contributed by atoms with E-state index in [2.05, 4.69) is 5.32 Å². The van der Waals surface area contributed by atoms with Crippen molar-refractivity contribution in [3.05, 3.63) is 58.1 Å². The number of carbonyl (C=O) groups excluding carboxylic acids is 1. The molecule has 4 heteroatoms. The molecule has 0 heterocycles. The molecule has 0 saturated heterocycles. The van der Waals surface area contributed by atoms with Crippen LogP contribution in [0, 0.1) is 20.8 Å². The first-order chi connectivity index (χ1) is 9.99.